The number of amides is 1. The Hall–Kier alpha value is -2.18. The van der Waals surface area contributed by atoms with Crippen molar-refractivity contribution in [3.05, 3.63) is 64.4 Å². The van der Waals surface area contributed by atoms with Gasteiger partial charge >= 0.3 is 0 Å². The van der Waals surface area contributed by atoms with Crippen LogP contribution in [-0.2, 0) is 22.6 Å². The fourth-order valence-electron chi connectivity index (χ4n) is 3.32. The van der Waals surface area contributed by atoms with Gasteiger partial charge in [-0.05, 0) is 42.7 Å². The van der Waals surface area contributed by atoms with Crippen LogP contribution in [-0.4, -0.2) is 28.2 Å². The molecule has 3 aromatic rings. The molecule has 26 heavy (non-hydrogen) atoms. The van der Waals surface area contributed by atoms with Gasteiger partial charge in [0.1, 0.15) is 11.9 Å². The summed E-state index contributed by atoms with van der Waals surface area (Å²) in [6, 6.07) is 16.3. The van der Waals surface area contributed by atoms with Crippen LogP contribution >= 0.6 is 15.9 Å². The third-order valence-corrected chi connectivity index (χ3v) is 5.10. The molecule has 5 nitrogen and oxygen atoms in total. The lowest BCUT2D eigenvalue weighted by atomic mass is 10.2. The average Bonchev–Trinajstić information content (AvgIpc) is 3.29. The Bertz CT molecular complexity index is 932. The first-order chi connectivity index (χ1) is 12.7. The Labute approximate surface area is 160 Å². The summed E-state index contributed by atoms with van der Waals surface area (Å²) in [4.78, 5) is 17.0. The standard InChI is InChI=1S/C20H20BrN3O2/c21-15-6-3-5-14(11-15)13-24-17-8-2-1-7-16(17)23-19(24)12-22-20(25)18-9-4-10-26-18/h1-3,5-8,11,18H,4,9-10,12-13H2,(H,22,25). The number of ether oxygens (including phenoxy) is 1. The normalized spacial score (nSPS) is 16.9. The van der Waals surface area contributed by atoms with E-state index >= 15 is 0 Å². The van der Waals surface area contributed by atoms with Gasteiger partial charge in [-0.3, -0.25) is 4.79 Å². The number of halogens is 1. The zero-order chi connectivity index (χ0) is 17.9. The summed E-state index contributed by atoms with van der Waals surface area (Å²) in [6.45, 7) is 1.76. The van der Waals surface area contributed by atoms with Gasteiger partial charge in [0.25, 0.3) is 0 Å². The molecule has 1 unspecified atom stereocenters. The van der Waals surface area contributed by atoms with Crippen molar-refractivity contribution in [2.45, 2.75) is 32.0 Å². The molecule has 2 aromatic carbocycles. The Morgan fingerprint density at radius 2 is 2.15 bits per heavy atom. The van der Waals surface area contributed by atoms with Crippen molar-refractivity contribution in [1.82, 2.24) is 14.9 Å². The maximum absolute atomic E-state index is 12.3. The fraction of sp³-hybridized carbons (Fsp3) is 0.300. The second kappa shape index (κ2) is 7.60. The molecular formula is C20H20BrN3O2. The third kappa shape index (κ3) is 3.66. The lowest BCUT2D eigenvalue weighted by molar-refractivity contribution is -0.130. The first-order valence-electron chi connectivity index (χ1n) is 8.78. The van der Waals surface area contributed by atoms with Crippen LogP contribution in [0.4, 0.5) is 0 Å². The van der Waals surface area contributed by atoms with Gasteiger partial charge in [0.2, 0.25) is 5.91 Å². The van der Waals surface area contributed by atoms with E-state index < -0.39 is 0 Å². The monoisotopic (exact) mass is 413 g/mol. The maximum atomic E-state index is 12.3. The molecule has 1 aromatic heterocycles. The summed E-state index contributed by atoms with van der Waals surface area (Å²) in [5.41, 5.74) is 3.17. The van der Waals surface area contributed by atoms with Crippen LogP contribution < -0.4 is 5.32 Å². The van der Waals surface area contributed by atoms with Crippen molar-refractivity contribution in [1.29, 1.82) is 0 Å². The number of benzene rings is 2. The van der Waals surface area contributed by atoms with Gasteiger partial charge in [0.15, 0.2) is 0 Å². The molecule has 2 heterocycles. The van der Waals surface area contributed by atoms with Crippen molar-refractivity contribution in [2.75, 3.05) is 6.61 Å². The Kier molecular flexibility index (Phi) is 5.04. The predicted molar refractivity (Wildman–Crippen MR) is 104 cm³/mol. The van der Waals surface area contributed by atoms with Crippen LogP contribution in [0.2, 0.25) is 0 Å². The zero-order valence-corrected chi connectivity index (χ0v) is 15.9. The van der Waals surface area contributed by atoms with Crippen molar-refractivity contribution in [2.24, 2.45) is 0 Å². The summed E-state index contributed by atoms with van der Waals surface area (Å²) in [7, 11) is 0. The Balaban J connectivity index is 1.60. The van der Waals surface area contributed by atoms with Crippen molar-refractivity contribution in [3.63, 3.8) is 0 Å². The first-order valence-corrected chi connectivity index (χ1v) is 9.58. The highest BCUT2D eigenvalue weighted by Crippen LogP contribution is 2.20. The van der Waals surface area contributed by atoms with Crippen LogP contribution in [0.25, 0.3) is 11.0 Å². The molecule has 4 rings (SSSR count). The van der Waals surface area contributed by atoms with E-state index in [1.807, 2.05) is 30.3 Å². The minimum atomic E-state index is -0.321. The van der Waals surface area contributed by atoms with Gasteiger partial charge < -0.3 is 14.6 Å². The molecule has 1 N–H and O–H groups in total. The van der Waals surface area contributed by atoms with E-state index in [-0.39, 0.29) is 12.0 Å². The topological polar surface area (TPSA) is 56.2 Å². The number of fused-ring (bicyclic) bond motifs is 1. The highest BCUT2D eigenvalue weighted by atomic mass is 79.9. The van der Waals surface area contributed by atoms with Crippen LogP contribution in [0, 0.1) is 0 Å². The van der Waals surface area contributed by atoms with E-state index in [2.05, 4.69) is 44.0 Å². The van der Waals surface area contributed by atoms with Crippen LogP contribution in [0.1, 0.15) is 24.2 Å². The lowest BCUT2D eigenvalue weighted by Crippen LogP contribution is -2.34. The van der Waals surface area contributed by atoms with Crippen molar-refractivity contribution < 1.29 is 9.53 Å². The van der Waals surface area contributed by atoms with Crippen LogP contribution in [0.15, 0.2) is 53.0 Å². The van der Waals surface area contributed by atoms with Gasteiger partial charge in [-0.1, -0.05) is 40.2 Å². The van der Waals surface area contributed by atoms with Gasteiger partial charge in [0.05, 0.1) is 17.6 Å². The number of nitrogens with zero attached hydrogens (tertiary/aromatic N) is 2. The van der Waals surface area contributed by atoms with Crippen molar-refractivity contribution >= 4 is 32.9 Å². The lowest BCUT2D eigenvalue weighted by Gasteiger charge is -2.13. The van der Waals surface area contributed by atoms with Crippen molar-refractivity contribution in [3.8, 4) is 0 Å². The quantitative estimate of drug-likeness (QED) is 0.694. The zero-order valence-electron chi connectivity index (χ0n) is 14.3. The number of hydrogen-bond acceptors (Lipinski definition) is 3. The molecule has 134 valence electrons. The minimum Gasteiger partial charge on any atom is -0.368 e. The van der Waals surface area contributed by atoms with Crippen LogP contribution in [0.5, 0.6) is 0 Å². The summed E-state index contributed by atoms with van der Waals surface area (Å²) >= 11 is 3.53. The number of aromatic nitrogens is 2. The molecule has 0 aliphatic carbocycles. The molecule has 1 amide bonds. The molecule has 0 spiro atoms. The average molecular weight is 414 g/mol. The largest absolute Gasteiger partial charge is 0.368 e. The molecule has 6 heteroatoms. The molecule has 1 atom stereocenters. The van der Waals surface area contributed by atoms with Gasteiger partial charge in [0, 0.05) is 17.6 Å². The number of carbonyl (C=O) groups excluding carboxylic acids is 1. The summed E-state index contributed by atoms with van der Waals surface area (Å²) in [5.74, 6) is 0.793. The van der Waals surface area contributed by atoms with Crippen LogP contribution in [0.3, 0.4) is 0 Å². The smallest absolute Gasteiger partial charge is 0.249 e. The van der Waals surface area contributed by atoms with E-state index in [0.717, 1.165) is 34.2 Å². The Morgan fingerprint density at radius 3 is 2.96 bits per heavy atom. The SMILES string of the molecule is O=C(NCc1nc2ccccc2n1Cc1cccc(Br)c1)C1CCCO1. The van der Waals surface area contributed by atoms with Gasteiger partial charge in [-0.15, -0.1) is 0 Å². The number of nitrogens with one attached hydrogen (secondary N) is 1. The molecule has 1 aliphatic heterocycles. The molecule has 1 fully saturated rings. The molecule has 1 aliphatic rings. The number of hydrogen-bond donors (Lipinski definition) is 1. The fourth-order valence-corrected chi connectivity index (χ4v) is 3.77. The second-order valence-corrected chi connectivity index (χ2v) is 7.37. The molecule has 0 radical (unpaired) electrons. The van der Waals surface area contributed by atoms with E-state index in [1.54, 1.807) is 0 Å². The number of imidazole rings is 1. The Morgan fingerprint density at radius 1 is 1.27 bits per heavy atom. The highest BCUT2D eigenvalue weighted by molar-refractivity contribution is 9.10. The predicted octanol–water partition coefficient (Wildman–Crippen LogP) is 3.64. The second-order valence-electron chi connectivity index (χ2n) is 6.45. The molecule has 0 bridgehead atoms. The summed E-state index contributed by atoms with van der Waals surface area (Å²) < 4.78 is 8.67. The first kappa shape index (κ1) is 17.2. The van der Waals surface area contributed by atoms with E-state index in [1.165, 1.54) is 5.56 Å². The number of rotatable bonds is 5. The van der Waals surface area contributed by atoms with E-state index in [9.17, 15) is 4.79 Å². The molecule has 0 saturated carbocycles. The highest BCUT2D eigenvalue weighted by Gasteiger charge is 2.23. The minimum absolute atomic E-state index is 0.0523. The molecule has 1 saturated heterocycles. The third-order valence-electron chi connectivity index (χ3n) is 4.61. The number of carbonyl (C=O) groups is 1. The van der Waals surface area contributed by atoms with Gasteiger partial charge in [-0.2, -0.15) is 0 Å². The number of para-hydroxylation sites is 2. The summed E-state index contributed by atoms with van der Waals surface area (Å²) in [5, 5.41) is 2.98. The maximum Gasteiger partial charge on any atom is 0.249 e. The van der Waals surface area contributed by atoms with E-state index in [0.29, 0.717) is 19.7 Å². The molecular weight excluding hydrogens is 394 g/mol. The summed E-state index contributed by atoms with van der Waals surface area (Å²) in [6.07, 6.45) is 1.41. The van der Waals surface area contributed by atoms with Gasteiger partial charge in [-0.25, -0.2) is 4.98 Å². The van der Waals surface area contributed by atoms with E-state index in [4.69, 9.17) is 9.72 Å².